The molecule has 10 heteroatoms. The van der Waals surface area contributed by atoms with Crippen LogP contribution in [0.25, 0.3) is 11.2 Å². The van der Waals surface area contributed by atoms with Gasteiger partial charge in [-0.3, -0.25) is 19.4 Å². The van der Waals surface area contributed by atoms with Crippen LogP contribution in [-0.2, 0) is 19.1 Å². The molecule has 1 fully saturated rings. The highest BCUT2D eigenvalue weighted by molar-refractivity contribution is 5.70. The van der Waals surface area contributed by atoms with E-state index in [1.54, 1.807) is 4.57 Å². The number of hydrogen-bond donors (Lipinski definition) is 2. The summed E-state index contributed by atoms with van der Waals surface area (Å²) in [5.74, 6) is -0.769. The topological polar surface area (TPSA) is 142 Å². The molecule has 1 aliphatic carbocycles. The highest BCUT2D eigenvalue weighted by atomic mass is 16.5. The number of carbonyl (C=O) groups excluding carboxylic acids is 2. The SMILES string of the molecule is CC(=O)OC[C@H]1C[C@@H](n2cnc3c(=O)[nH]c(N)nc32)[C@H]1COC(C)=O. The summed E-state index contributed by atoms with van der Waals surface area (Å²) < 4.78 is 12.0. The third-order valence-corrected chi connectivity index (χ3v) is 4.43. The molecule has 3 rings (SSSR count). The molecule has 1 aliphatic rings. The molecule has 2 aromatic heterocycles. The predicted octanol–water partition coefficient (Wildman–Crippen LogP) is 0.00520. The third kappa shape index (κ3) is 3.32. The van der Waals surface area contributed by atoms with Crippen molar-refractivity contribution in [1.29, 1.82) is 0 Å². The Hall–Kier alpha value is -2.91. The Morgan fingerprint density at radius 3 is 2.68 bits per heavy atom. The van der Waals surface area contributed by atoms with Crippen LogP contribution in [0.5, 0.6) is 0 Å². The molecule has 0 spiro atoms. The van der Waals surface area contributed by atoms with Gasteiger partial charge in [-0.05, 0) is 6.42 Å². The van der Waals surface area contributed by atoms with Crippen molar-refractivity contribution in [3.63, 3.8) is 0 Å². The third-order valence-electron chi connectivity index (χ3n) is 4.43. The first-order valence-electron chi connectivity index (χ1n) is 7.86. The molecular formula is C15H19N5O5. The Morgan fingerprint density at radius 2 is 2.00 bits per heavy atom. The number of rotatable bonds is 5. The van der Waals surface area contributed by atoms with Crippen LogP contribution >= 0.6 is 0 Å². The van der Waals surface area contributed by atoms with Gasteiger partial charge in [0.25, 0.3) is 5.56 Å². The van der Waals surface area contributed by atoms with Crippen molar-refractivity contribution in [2.75, 3.05) is 18.9 Å². The van der Waals surface area contributed by atoms with E-state index >= 15 is 0 Å². The molecule has 0 radical (unpaired) electrons. The lowest BCUT2D eigenvalue weighted by Gasteiger charge is -2.44. The van der Waals surface area contributed by atoms with Gasteiger partial charge in [0.1, 0.15) is 0 Å². The van der Waals surface area contributed by atoms with E-state index in [4.69, 9.17) is 15.2 Å². The number of aromatic amines is 1. The molecule has 25 heavy (non-hydrogen) atoms. The molecule has 0 amide bonds. The molecule has 0 aliphatic heterocycles. The zero-order chi connectivity index (χ0) is 18.1. The number of carbonyl (C=O) groups is 2. The van der Waals surface area contributed by atoms with Gasteiger partial charge in [-0.2, -0.15) is 4.98 Å². The average molecular weight is 349 g/mol. The predicted molar refractivity (Wildman–Crippen MR) is 86.5 cm³/mol. The van der Waals surface area contributed by atoms with Gasteiger partial charge in [-0.1, -0.05) is 0 Å². The molecule has 0 saturated heterocycles. The van der Waals surface area contributed by atoms with E-state index < -0.39 is 5.56 Å². The van der Waals surface area contributed by atoms with Gasteiger partial charge in [0.2, 0.25) is 5.95 Å². The Bertz CT molecular complexity index is 873. The van der Waals surface area contributed by atoms with Crippen LogP contribution in [-0.4, -0.2) is 44.7 Å². The summed E-state index contributed by atoms with van der Waals surface area (Å²) >= 11 is 0. The fourth-order valence-electron chi connectivity index (χ4n) is 3.16. The highest BCUT2D eigenvalue weighted by Gasteiger charge is 2.44. The summed E-state index contributed by atoms with van der Waals surface area (Å²) in [5.41, 5.74) is 5.79. The quantitative estimate of drug-likeness (QED) is 0.719. The van der Waals surface area contributed by atoms with E-state index in [0.29, 0.717) is 12.1 Å². The zero-order valence-corrected chi connectivity index (χ0v) is 13.9. The first-order chi connectivity index (χ1) is 11.9. The van der Waals surface area contributed by atoms with Crippen molar-refractivity contribution < 1.29 is 19.1 Å². The largest absolute Gasteiger partial charge is 0.466 e. The first kappa shape index (κ1) is 16.9. The van der Waals surface area contributed by atoms with Gasteiger partial charge >= 0.3 is 11.9 Å². The Kier molecular flexibility index (Phi) is 4.43. The molecule has 2 aromatic rings. The molecule has 0 bridgehead atoms. The minimum absolute atomic E-state index is 0.00609. The molecule has 134 valence electrons. The van der Waals surface area contributed by atoms with Crippen LogP contribution < -0.4 is 11.3 Å². The monoisotopic (exact) mass is 349 g/mol. The van der Waals surface area contributed by atoms with E-state index in [2.05, 4.69) is 15.0 Å². The second kappa shape index (κ2) is 6.54. The van der Waals surface area contributed by atoms with Gasteiger partial charge in [0.05, 0.1) is 19.5 Å². The van der Waals surface area contributed by atoms with Crippen molar-refractivity contribution in [2.24, 2.45) is 11.8 Å². The number of nitrogens with one attached hydrogen (secondary N) is 1. The van der Waals surface area contributed by atoms with Gasteiger partial charge in [-0.15, -0.1) is 0 Å². The van der Waals surface area contributed by atoms with Crippen molar-refractivity contribution in [3.05, 3.63) is 16.7 Å². The van der Waals surface area contributed by atoms with Gasteiger partial charge in [0, 0.05) is 31.7 Å². The number of anilines is 1. The number of esters is 2. The van der Waals surface area contributed by atoms with Crippen LogP contribution in [0.4, 0.5) is 5.95 Å². The number of hydrogen-bond acceptors (Lipinski definition) is 8. The van der Waals surface area contributed by atoms with Crippen LogP contribution in [0, 0.1) is 11.8 Å². The highest BCUT2D eigenvalue weighted by Crippen LogP contribution is 2.45. The molecule has 1 saturated carbocycles. The van der Waals surface area contributed by atoms with Crippen molar-refractivity contribution >= 4 is 29.1 Å². The molecule has 10 nitrogen and oxygen atoms in total. The van der Waals surface area contributed by atoms with Gasteiger partial charge in [0.15, 0.2) is 11.2 Å². The van der Waals surface area contributed by atoms with Gasteiger partial charge < -0.3 is 19.8 Å². The maximum atomic E-state index is 11.9. The minimum atomic E-state index is -0.409. The molecular weight excluding hydrogens is 330 g/mol. The van der Waals surface area contributed by atoms with E-state index in [1.807, 2.05) is 0 Å². The molecule has 0 unspecified atom stereocenters. The van der Waals surface area contributed by atoms with Crippen LogP contribution in [0.2, 0.25) is 0 Å². The summed E-state index contributed by atoms with van der Waals surface area (Å²) in [7, 11) is 0. The molecule has 3 N–H and O–H groups in total. The maximum Gasteiger partial charge on any atom is 0.302 e. The second-order valence-electron chi connectivity index (χ2n) is 6.11. The normalized spacial score (nSPS) is 22.4. The van der Waals surface area contributed by atoms with Crippen molar-refractivity contribution in [2.45, 2.75) is 26.3 Å². The molecule has 3 atom stereocenters. The minimum Gasteiger partial charge on any atom is -0.466 e. The summed E-state index contributed by atoms with van der Waals surface area (Å²) in [5, 5.41) is 0. The second-order valence-corrected chi connectivity index (χ2v) is 6.11. The Morgan fingerprint density at radius 1 is 1.32 bits per heavy atom. The fraction of sp³-hybridized carbons (Fsp3) is 0.533. The number of ether oxygens (including phenoxy) is 2. The zero-order valence-electron chi connectivity index (χ0n) is 13.9. The van der Waals surface area contributed by atoms with Crippen LogP contribution in [0.3, 0.4) is 0 Å². The number of H-pyrrole nitrogens is 1. The van der Waals surface area contributed by atoms with Crippen LogP contribution in [0.1, 0.15) is 26.3 Å². The average Bonchev–Trinajstić information content (AvgIpc) is 2.89. The van der Waals surface area contributed by atoms with E-state index in [-0.39, 0.29) is 54.5 Å². The molecule has 0 aromatic carbocycles. The lowest BCUT2D eigenvalue weighted by Crippen LogP contribution is -2.44. The maximum absolute atomic E-state index is 11.9. The smallest absolute Gasteiger partial charge is 0.302 e. The lowest BCUT2D eigenvalue weighted by atomic mass is 9.69. The summed E-state index contributed by atoms with van der Waals surface area (Å²) in [6.45, 7) is 3.12. The Balaban J connectivity index is 1.86. The summed E-state index contributed by atoms with van der Waals surface area (Å²) in [6.07, 6.45) is 2.21. The number of nitrogens with two attached hydrogens (primary N) is 1. The number of nitrogen functional groups attached to an aromatic ring is 1. The summed E-state index contributed by atoms with van der Waals surface area (Å²) in [4.78, 5) is 44.8. The fourth-order valence-corrected chi connectivity index (χ4v) is 3.16. The number of imidazole rings is 1. The van der Waals surface area contributed by atoms with Crippen molar-refractivity contribution in [3.8, 4) is 0 Å². The standard InChI is InChI=1S/C15H19N5O5/c1-7(21)24-4-9-3-11(10(9)5-25-8(2)22)20-6-17-12-13(20)18-15(16)19-14(12)23/h6,9-11H,3-5H2,1-2H3,(H3,16,18,19,23)/t9-,10+,11-/m1/s1. The summed E-state index contributed by atoms with van der Waals surface area (Å²) in [6, 6.07) is -0.0846. The van der Waals surface area contributed by atoms with E-state index in [1.165, 1.54) is 20.2 Å². The lowest BCUT2D eigenvalue weighted by molar-refractivity contribution is -0.152. The number of fused-ring (bicyclic) bond motifs is 1. The number of aromatic nitrogens is 4. The Labute approximate surface area is 142 Å². The van der Waals surface area contributed by atoms with E-state index in [0.717, 1.165) is 0 Å². The van der Waals surface area contributed by atoms with Crippen LogP contribution in [0.15, 0.2) is 11.1 Å². The van der Waals surface area contributed by atoms with Gasteiger partial charge in [-0.25, -0.2) is 4.98 Å². The van der Waals surface area contributed by atoms with E-state index in [9.17, 15) is 14.4 Å². The van der Waals surface area contributed by atoms with Crippen molar-refractivity contribution in [1.82, 2.24) is 19.5 Å². The number of nitrogens with zero attached hydrogens (tertiary/aromatic N) is 3. The first-order valence-corrected chi connectivity index (χ1v) is 7.86. The molecule has 2 heterocycles.